The minimum Gasteiger partial charge on any atom is -0.504 e. The molecule has 0 amide bonds. The average molecular weight is 212 g/mol. The number of ether oxygens (including phenoxy) is 3. The number of carbonyl (C=O) groups excluding carboxylic acids is 1. The minimum absolute atomic E-state index is 0.00806. The highest BCUT2D eigenvalue weighted by molar-refractivity contribution is 5.87. The fourth-order valence-electron chi connectivity index (χ4n) is 1.25. The molecule has 0 aliphatic heterocycles. The van der Waals surface area contributed by atoms with E-state index in [1.807, 2.05) is 0 Å². The van der Waals surface area contributed by atoms with Crippen molar-refractivity contribution in [1.29, 1.82) is 0 Å². The lowest BCUT2D eigenvalue weighted by Gasteiger charge is -2.13. The van der Waals surface area contributed by atoms with Crippen molar-refractivity contribution in [3.63, 3.8) is 0 Å². The number of hydrogen-bond acceptors (Lipinski definition) is 5. The first kappa shape index (κ1) is 11.2. The minimum atomic E-state index is -0.259. The van der Waals surface area contributed by atoms with Crippen molar-refractivity contribution >= 4 is 6.29 Å². The summed E-state index contributed by atoms with van der Waals surface area (Å²) in [6.45, 7) is 0. The lowest BCUT2D eigenvalue weighted by molar-refractivity contribution is 0.111. The average Bonchev–Trinajstić information content (AvgIpc) is 2.28. The molecule has 5 nitrogen and oxygen atoms in total. The summed E-state index contributed by atoms with van der Waals surface area (Å²) < 4.78 is 14.9. The van der Waals surface area contributed by atoms with E-state index in [1.54, 1.807) is 0 Å². The Morgan fingerprint density at radius 2 is 1.73 bits per heavy atom. The summed E-state index contributed by atoms with van der Waals surface area (Å²) >= 11 is 0. The van der Waals surface area contributed by atoms with Gasteiger partial charge in [-0.15, -0.1) is 0 Å². The maximum Gasteiger partial charge on any atom is 0.175 e. The molecule has 0 aromatic heterocycles. The van der Waals surface area contributed by atoms with Crippen molar-refractivity contribution in [3.8, 4) is 23.0 Å². The molecular formula is C10H12O5. The maximum absolute atomic E-state index is 10.8. The third kappa shape index (κ3) is 1.81. The third-order valence-corrected chi connectivity index (χ3v) is 1.98. The lowest BCUT2D eigenvalue weighted by atomic mass is 10.1. The van der Waals surface area contributed by atoms with Crippen LogP contribution in [0, 0.1) is 0 Å². The predicted octanol–water partition coefficient (Wildman–Crippen LogP) is 1.23. The summed E-state index contributed by atoms with van der Waals surface area (Å²) in [7, 11) is 4.20. The molecule has 82 valence electrons. The molecule has 0 aliphatic carbocycles. The van der Waals surface area contributed by atoms with Crippen molar-refractivity contribution in [2.45, 2.75) is 0 Å². The van der Waals surface area contributed by atoms with Crippen LogP contribution in [0.5, 0.6) is 23.0 Å². The second kappa shape index (κ2) is 4.54. The fourth-order valence-corrected chi connectivity index (χ4v) is 1.25. The molecule has 0 spiro atoms. The van der Waals surface area contributed by atoms with E-state index < -0.39 is 0 Å². The smallest absolute Gasteiger partial charge is 0.175 e. The van der Waals surface area contributed by atoms with Gasteiger partial charge in [0.25, 0.3) is 0 Å². The highest BCUT2D eigenvalue weighted by Gasteiger charge is 2.19. The Hall–Kier alpha value is -1.91. The van der Waals surface area contributed by atoms with Crippen LogP contribution in [0.2, 0.25) is 0 Å². The summed E-state index contributed by atoms with van der Waals surface area (Å²) in [4.78, 5) is 10.8. The molecule has 5 heteroatoms. The molecule has 0 bridgehead atoms. The van der Waals surface area contributed by atoms with Gasteiger partial charge in [-0.05, 0) is 0 Å². The van der Waals surface area contributed by atoms with Crippen molar-refractivity contribution in [1.82, 2.24) is 0 Å². The summed E-state index contributed by atoms with van der Waals surface area (Å²) in [5.74, 6) is 0.417. The fraction of sp³-hybridized carbons (Fsp3) is 0.300. The van der Waals surface area contributed by atoms with E-state index in [4.69, 9.17) is 14.2 Å². The predicted molar refractivity (Wildman–Crippen MR) is 53.2 cm³/mol. The number of aromatic hydroxyl groups is 1. The number of methoxy groups -OCH3 is 3. The van der Waals surface area contributed by atoms with Gasteiger partial charge in [0.2, 0.25) is 0 Å². The van der Waals surface area contributed by atoms with Gasteiger partial charge >= 0.3 is 0 Å². The van der Waals surface area contributed by atoms with E-state index in [9.17, 15) is 9.90 Å². The Morgan fingerprint density at radius 3 is 2.13 bits per heavy atom. The van der Waals surface area contributed by atoms with Crippen molar-refractivity contribution in [2.24, 2.45) is 0 Å². The van der Waals surface area contributed by atoms with Gasteiger partial charge in [-0.3, -0.25) is 4.79 Å². The number of aldehydes is 1. The zero-order valence-corrected chi connectivity index (χ0v) is 8.73. The van der Waals surface area contributed by atoms with Crippen LogP contribution in [0.25, 0.3) is 0 Å². The zero-order valence-electron chi connectivity index (χ0n) is 8.73. The normalized spacial score (nSPS) is 9.53. The number of carbonyl (C=O) groups is 1. The SMILES string of the molecule is COc1cc(OC)c(OC)c(C=O)c1O. The van der Waals surface area contributed by atoms with Crippen molar-refractivity contribution < 1.29 is 24.1 Å². The van der Waals surface area contributed by atoms with Crippen LogP contribution in [-0.2, 0) is 0 Å². The van der Waals surface area contributed by atoms with Crippen LogP contribution >= 0.6 is 0 Å². The molecule has 1 aromatic carbocycles. The summed E-state index contributed by atoms with van der Waals surface area (Å²) in [5.41, 5.74) is 0.00806. The Balaban J connectivity index is 3.49. The number of rotatable bonds is 4. The van der Waals surface area contributed by atoms with Gasteiger partial charge in [0.15, 0.2) is 29.3 Å². The molecule has 0 saturated carbocycles. The van der Waals surface area contributed by atoms with Crippen molar-refractivity contribution in [3.05, 3.63) is 11.6 Å². The van der Waals surface area contributed by atoms with E-state index >= 15 is 0 Å². The van der Waals surface area contributed by atoms with Crippen LogP contribution in [0.15, 0.2) is 6.07 Å². The van der Waals surface area contributed by atoms with Gasteiger partial charge in [-0.2, -0.15) is 0 Å². The number of phenolic OH excluding ortho intramolecular Hbond substituents is 1. The number of hydrogen-bond donors (Lipinski definition) is 1. The van der Waals surface area contributed by atoms with Gasteiger partial charge in [0.1, 0.15) is 5.56 Å². The van der Waals surface area contributed by atoms with Crippen LogP contribution < -0.4 is 14.2 Å². The maximum atomic E-state index is 10.8. The van der Waals surface area contributed by atoms with Crippen LogP contribution in [0.3, 0.4) is 0 Å². The third-order valence-electron chi connectivity index (χ3n) is 1.98. The first-order valence-electron chi connectivity index (χ1n) is 4.16. The van der Waals surface area contributed by atoms with Gasteiger partial charge in [-0.25, -0.2) is 0 Å². The van der Waals surface area contributed by atoms with Crippen LogP contribution in [0.4, 0.5) is 0 Å². The standard InChI is InChI=1S/C10H12O5/c1-13-7-4-8(14-2)10(15-3)6(5-11)9(7)12/h4-5,12H,1-3H3. The van der Waals surface area contributed by atoms with Gasteiger partial charge in [0.05, 0.1) is 21.3 Å². The number of benzene rings is 1. The van der Waals surface area contributed by atoms with E-state index in [1.165, 1.54) is 27.4 Å². The Bertz CT molecular complexity index is 373. The number of phenols is 1. The summed E-state index contributed by atoms with van der Waals surface area (Å²) in [6, 6.07) is 1.45. The quantitative estimate of drug-likeness (QED) is 0.760. The molecule has 1 rings (SSSR count). The molecule has 15 heavy (non-hydrogen) atoms. The molecule has 1 N–H and O–H groups in total. The summed E-state index contributed by atoms with van der Waals surface area (Å²) in [6.07, 6.45) is 0.485. The van der Waals surface area contributed by atoms with Crippen LogP contribution in [-0.4, -0.2) is 32.7 Å². The highest BCUT2D eigenvalue weighted by Crippen LogP contribution is 2.42. The lowest BCUT2D eigenvalue weighted by Crippen LogP contribution is -1.97. The second-order valence-electron chi connectivity index (χ2n) is 2.69. The van der Waals surface area contributed by atoms with Gasteiger partial charge in [0, 0.05) is 6.07 Å². The molecular weight excluding hydrogens is 200 g/mol. The van der Waals surface area contributed by atoms with E-state index in [0.29, 0.717) is 12.0 Å². The topological polar surface area (TPSA) is 65.0 Å². The van der Waals surface area contributed by atoms with Crippen molar-refractivity contribution in [2.75, 3.05) is 21.3 Å². The molecule has 0 heterocycles. The molecule has 0 radical (unpaired) electrons. The molecule has 1 aromatic rings. The van der Waals surface area contributed by atoms with E-state index in [2.05, 4.69) is 0 Å². The molecule has 0 aliphatic rings. The van der Waals surface area contributed by atoms with Crippen LogP contribution in [0.1, 0.15) is 10.4 Å². The monoisotopic (exact) mass is 212 g/mol. The van der Waals surface area contributed by atoms with E-state index in [-0.39, 0.29) is 22.8 Å². The molecule has 0 atom stereocenters. The molecule has 0 saturated heterocycles. The second-order valence-corrected chi connectivity index (χ2v) is 2.69. The first-order chi connectivity index (χ1) is 7.19. The molecule has 0 fully saturated rings. The zero-order chi connectivity index (χ0) is 11.4. The van der Waals surface area contributed by atoms with E-state index in [0.717, 1.165) is 0 Å². The molecule has 0 unspecified atom stereocenters. The summed E-state index contributed by atoms with van der Waals surface area (Å²) in [5, 5.41) is 9.63. The highest BCUT2D eigenvalue weighted by atomic mass is 16.5. The largest absolute Gasteiger partial charge is 0.504 e. The van der Waals surface area contributed by atoms with Gasteiger partial charge in [-0.1, -0.05) is 0 Å². The Kier molecular flexibility index (Phi) is 3.38. The Morgan fingerprint density at radius 1 is 1.13 bits per heavy atom. The first-order valence-corrected chi connectivity index (χ1v) is 4.16. The van der Waals surface area contributed by atoms with Gasteiger partial charge < -0.3 is 19.3 Å². The Labute approximate surface area is 87.2 Å².